The number of carboxylic acids is 1. The van der Waals surface area contributed by atoms with Gasteiger partial charge in [0, 0.05) is 6.04 Å². The molecule has 5 heteroatoms. The Morgan fingerprint density at radius 2 is 1.81 bits per heavy atom. The molecule has 1 aromatic rings. The molecule has 4 N–H and O–H groups in total. The zero-order chi connectivity index (χ0) is 16.0. The highest BCUT2D eigenvalue weighted by molar-refractivity contribution is 5.83. The van der Waals surface area contributed by atoms with Crippen LogP contribution in [0.3, 0.4) is 0 Å². The van der Waals surface area contributed by atoms with Gasteiger partial charge < -0.3 is 16.2 Å². The molecule has 116 valence electrons. The van der Waals surface area contributed by atoms with Crippen molar-refractivity contribution in [1.29, 1.82) is 0 Å². The highest BCUT2D eigenvalue weighted by atomic mass is 16.4. The summed E-state index contributed by atoms with van der Waals surface area (Å²) in [6.45, 7) is 6.02. The van der Waals surface area contributed by atoms with Crippen LogP contribution in [-0.2, 0) is 9.59 Å². The molecule has 0 fully saturated rings. The van der Waals surface area contributed by atoms with Crippen LogP contribution < -0.4 is 11.1 Å². The first kappa shape index (κ1) is 17.2. The van der Waals surface area contributed by atoms with Crippen LogP contribution in [0.1, 0.15) is 45.2 Å². The fourth-order valence-electron chi connectivity index (χ4n) is 2.23. The summed E-state index contributed by atoms with van der Waals surface area (Å²) >= 11 is 0. The van der Waals surface area contributed by atoms with E-state index in [-0.39, 0.29) is 17.7 Å². The average Bonchev–Trinajstić information content (AvgIpc) is 2.36. The minimum absolute atomic E-state index is 0.0791. The molecular weight excluding hydrogens is 268 g/mol. The average molecular weight is 292 g/mol. The first-order chi connectivity index (χ1) is 9.69. The Hall–Kier alpha value is -1.88. The highest BCUT2D eigenvalue weighted by Crippen LogP contribution is 2.22. The number of hydrogen-bond acceptors (Lipinski definition) is 3. The summed E-state index contributed by atoms with van der Waals surface area (Å²) in [7, 11) is 0. The molecule has 0 spiro atoms. The molecule has 0 aliphatic heterocycles. The van der Waals surface area contributed by atoms with Crippen LogP contribution in [0.4, 0.5) is 0 Å². The van der Waals surface area contributed by atoms with E-state index < -0.39 is 18.1 Å². The Balaban J connectivity index is 2.73. The Bertz CT molecular complexity index is 480. The van der Waals surface area contributed by atoms with Crippen molar-refractivity contribution in [2.45, 2.75) is 45.7 Å². The molecule has 5 nitrogen and oxygen atoms in total. The van der Waals surface area contributed by atoms with Gasteiger partial charge in [0.1, 0.15) is 6.04 Å². The maximum absolute atomic E-state index is 12.2. The van der Waals surface area contributed by atoms with Crippen molar-refractivity contribution in [3.05, 3.63) is 35.9 Å². The maximum atomic E-state index is 12.2. The van der Waals surface area contributed by atoms with Crippen LogP contribution in [0.2, 0.25) is 0 Å². The van der Waals surface area contributed by atoms with E-state index >= 15 is 0 Å². The maximum Gasteiger partial charge on any atom is 0.305 e. The zero-order valence-electron chi connectivity index (χ0n) is 12.8. The minimum Gasteiger partial charge on any atom is -0.481 e. The quantitative estimate of drug-likeness (QED) is 0.748. The summed E-state index contributed by atoms with van der Waals surface area (Å²) in [6.07, 6.45) is 0.469. The number of nitrogens with one attached hydrogen (secondary N) is 1. The Morgan fingerprint density at radius 1 is 1.24 bits per heavy atom. The van der Waals surface area contributed by atoms with Gasteiger partial charge in [0.25, 0.3) is 0 Å². The van der Waals surface area contributed by atoms with Crippen LogP contribution >= 0.6 is 0 Å². The van der Waals surface area contributed by atoms with Gasteiger partial charge in [-0.05, 0) is 17.4 Å². The van der Waals surface area contributed by atoms with Crippen molar-refractivity contribution in [1.82, 2.24) is 5.32 Å². The molecule has 1 amide bonds. The van der Waals surface area contributed by atoms with Crippen molar-refractivity contribution >= 4 is 11.9 Å². The fraction of sp³-hybridized carbons (Fsp3) is 0.500. The van der Waals surface area contributed by atoms with Crippen LogP contribution in [0.5, 0.6) is 0 Å². The molecular formula is C16H24N2O3. The predicted octanol–water partition coefficient (Wildman–Crippen LogP) is 2.08. The molecule has 0 heterocycles. The van der Waals surface area contributed by atoms with Crippen molar-refractivity contribution in [2.75, 3.05) is 0 Å². The lowest BCUT2D eigenvalue weighted by molar-refractivity contribution is -0.138. The molecule has 0 saturated heterocycles. The molecule has 1 unspecified atom stereocenters. The molecule has 21 heavy (non-hydrogen) atoms. The van der Waals surface area contributed by atoms with E-state index in [0.717, 1.165) is 0 Å². The van der Waals surface area contributed by atoms with Crippen LogP contribution in [0, 0.1) is 5.41 Å². The summed E-state index contributed by atoms with van der Waals surface area (Å²) in [5.74, 6) is -1.28. The minimum atomic E-state index is -0.933. The van der Waals surface area contributed by atoms with E-state index in [1.54, 1.807) is 12.1 Å². The second-order valence-electron chi connectivity index (χ2n) is 6.46. The van der Waals surface area contributed by atoms with Gasteiger partial charge in [-0.1, -0.05) is 51.1 Å². The van der Waals surface area contributed by atoms with Crippen LogP contribution in [-0.4, -0.2) is 23.0 Å². The summed E-state index contributed by atoms with van der Waals surface area (Å²) in [4.78, 5) is 23.1. The largest absolute Gasteiger partial charge is 0.481 e. The summed E-state index contributed by atoms with van der Waals surface area (Å²) < 4.78 is 0. The summed E-state index contributed by atoms with van der Waals surface area (Å²) in [6, 6.07) is 7.81. The van der Waals surface area contributed by atoms with Crippen LogP contribution in [0.15, 0.2) is 30.3 Å². The van der Waals surface area contributed by atoms with E-state index in [0.29, 0.717) is 12.0 Å². The van der Waals surface area contributed by atoms with E-state index in [1.807, 2.05) is 39.0 Å². The standard InChI is InChI=1S/C16H24N2O3/c1-16(2,3)10-12(9-13(19)20)18-15(21)14(17)11-7-5-4-6-8-11/h4-8,12,14H,9-10,17H2,1-3H3,(H,18,21)(H,19,20)/t12?,14-/m1/s1. The number of rotatable bonds is 6. The molecule has 0 saturated carbocycles. The highest BCUT2D eigenvalue weighted by Gasteiger charge is 2.25. The van der Waals surface area contributed by atoms with Crippen molar-refractivity contribution in [3.8, 4) is 0 Å². The molecule has 0 radical (unpaired) electrons. The number of carbonyl (C=O) groups excluding carboxylic acids is 1. The normalized spacial score (nSPS) is 14.3. The molecule has 0 aromatic heterocycles. The number of nitrogens with two attached hydrogens (primary N) is 1. The third-order valence-electron chi connectivity index (χ3n) is 3.07. The zero-order valence-corrected chi connectivity index (χ0v) is 12.8. The first-order valence-electron chi connectivity index (χ1n) is 7.02. The van der Waals surface area contributed by atoms with Gasteiger partial charge in [-0.2, -0.15) is 0 Å². The number of benzene rings is 1. The lowest BCUT2D eigenvalue weighted by Gasteiger charge is -2.27. The second kappa shape index (κ2) is 7.22. The molecule has 0 aliphatic rings. The molecule has 0 bridgehead atoms. The molecule has 2 atom stereocenters. The Morgan fingerprint density at radius 3 is 2.29 bits per heavy atom. The number of carboxylic acid groups (broad SMARTS) is 1. The van der Waals surface area contributed by atoms with Gasteiger partial charge in [0.05, 0.1) is 6.42 Å². The van der Waals surface area contributed by atoms with Crippen molar-refractivity contribution < 1.29 is 14.7 Å². The third-order valence-corrected chi connectivity index (χ3v) is 3.07. The van der Waals surface area contributed by atoms with E-state index in [4.69, 9.17) is 10.8 Å². The van der Waals surface area contributed by atoms with Gasteiger partial charge in [0.2, 0.25) is 5.91 Å². The van der Waals surface area contributed by atoms with E-state index in [2.05, 4.69) is 5.32 Å². The topological polar surface area (TPSA) is 92.4 Å². The van der Waals surface area contributed by atoms with Crippen molar-refractivity contribution in [2.24, 2.45) is 11.1 Å². The second-order valence-corrected chi connectivity index (χ2v) is 6.46. The predicted molar refractivity (Wildman–Crippen MR) is 81.6 cm³/mol. The third kappa shape index (κ3) is 6.40. The van der Waals surface area contributed by atoms with Gasteiger partial charge in [-0.15, -0.1) is 0 Å². The fourth-order valence-corrected chi connectivity index (χ4v) is 2.23. The molecule has 1 rings (SSSR count). The van der Waals surface area contributed by atoms with E-state index in [1.165, 1.54) is 0 Å². The lowest BCUT2D eigenvalue weighted by atomic mass is 9.87. The monoisotopic (exact) mass is 292 g/mol. The number of aliphatic carboxylic acids is 1. The Labute approximate surface area is 125 Å². The number of hydrogen-bond donors (Lipinski definition) is 3. The number of amides is 1. The molecule has 1 aromatic carbocycles. The summed E-state index contributed by atoms with van der Waals surface area (Å²) in [5.41, 5.74) is 6.55. The lowest BCUT2D eigenvalue weighted by Crippen LogP contribution is -2.43. The van der Waals surface area contributed by atoms with Gasteiger partial charge >= 0.3 is 5.97 Å². The van der Waals surface area contributed by atoms with Gasteiger partial charge in [-0.25, -0.2) is 0 Å². The summed E-state index contributed by atoms with van der Waals surface area (Å²) in [5, 5.41) is 11.7. The number of carbonyl (C=O) groups is 2. The van der Waals surface area contributed by atoms with Gasteiger partial charge in [-0.3, -0.25) is 9.59 Å². The Kier molecular flexibility index (Phi) is 5.90. The van der Waals surface area contributed by atoms with E-state index in [9.17, 15) is 9.59 Å². The first-order valence-corrected chi connectivity index (χ1v) is 7.02. The van der Waals surface area contributed by atoms with Crippen molar-refractivity contribution in [3.63, 3.8) is 0 Å². The smallest absolute Gasteiger partial charge is 0.305 e. The van der Waals surface area contributed by atoms with Gasteiger partial charge in [0.15, 0.2) is 0 Å². The SMILES string of the molecule is CC(C)(C)CC(CC(=O)O)NC(=O)[C@H](N)c1ccccc1. The van der Waals surface area contributed by atoms with Crippen LogP contribution in [0.25, 0.3) is 0 Å². The molecule has 0 aliphatic carbocycles.